The first-order valence-electron chi connectivity index (χ1n) is 7.28. The highest BCUT2D eigenvalue weighted by Crippen LogP contribution is 2.24. The molecule has 3 amide bonds. The van der Waals surface area contributed by atoms with Gasteiger partial charge in [0, 0.05) is 32.1 Å². The maximum Gasteiger partial charge on any atom is 0.326 e. The molecule has 0 spiro atoms. The molecule has 2 fully saturated rings. The number of nitrogens with one attached hydrogen (secondary N) is 1. The molecular formula is C14H23N3O4. The van der Waals surface area contributed by atoms with Gasteiger partial charge in [-0.2, -0.15) is 0 Å². The van der Waals surface area contributed by atoms with Crippen LogP contribution in [0.3, 0.4) is 0 Å². The molecule has 2 rings (SSSR count). The zero-order valence-electron chi connectivity index (χ0n) is 12.8. The molecule has 0 aromatic rings. The van der Waals surface area contributed by atoms with Gasteiger partial charge < -0.3 is 20.2 Å². The fraction of sp³-hybridized carbons (Fsp3) is 0.786. The van der Waals surface area contributed by atoms with E-state index in [2.05, 4.69) is 5.32 Å². The van der Waals surface area contributed by atoms with Crippen LogP contribution in [0, 0.1) is 5.41 Å². The highest BCUT2D eigenvalue weighted by Gasteiger charge is 2.39. The van der Waals surface area contributed by atoms with E-state index in [9.17, 15) is 19.5 Å². The number of carbonyl (C=O) groups excluding carboxylic acids is 2. The molecule has 7 heteroatoms. The summed E-state index contributed by atoms with van der Waals surface area (Å²) in [5.41, 5.74) is -0.563. The van der Waals surface area contributed by atoms with Crippen molar-refractivity contribution < 1.29 is 19.5 Å². The SMILES string of the molecule is CC(C)(C)C(NC(=O)N1CCN2C(=O)CCC2C1)C(=O)O. The third-order valence-corrected chi connectivity index (χ3v) is 4.16. The van der Waals surface area contributed by atoms with E-state index in [-0.39, 0.29) is 18.0 Å². The van der Waals surface area contributed by atoms with Crippen molar-refractivity contribution in [1.82, 2.24) is 15.1 Å². The van der Waals surface area contributed by atoms with Crippen LogP contribution >= 0.6 is 0 Å². The summed E-state index contributed by atoms with van der Waals surface area (Å²) in [6.07, 6.45) is 1.31. The molecule has 2 N–H and O–H groups in total. The Bertz CT molecular complexity index is 458. The zero-order chi connectivity index (χ0) is 15.8. The monoisotopic (exact) mass is 297 g/mol. The molecule has 2 heterocycles. The summed E-state index contributed by atoms with van der Waals surface area (Å²) in [5, 5.41) is 11.9. The highest BCUT2D eigenvalue weighted by molar-refractivity contribution is 5.84. The minimum Gasteiger partial charge on any atom is -0.480 e. The maximum absolute atomic E-state index is 12.3. The number of piperazine rings is 1. The van der Waals surface area contributed by atoms with Crippen molar-refractivity contribution >= 4 is 17.9 Å². The average molecular weight is 297 g/mol. The summed E-state index contributed by atoms with van der Waals surface area (Å²) in [6.45, 7) is 6.79. The predicted octanol–water partition coefficient (Wildman–Crippen LogP) is 0.502. The van der Waals surface area contributed by atoms with Gasteiger partial charge in [-0.1, -0.05) is 20.8 Å². The van der Waals surface area contributed by atoms with Crippen LogP contribution in [0.25, 0.3) is 0 Å². The molecule has 2 aliphatic rings. The lowest BCUT2D eigenvalue weighted by molar-refractivity contribution is -0.142. The Morgan fingerprint density at radius 1 is 1.33 bits per heavy atom. The van der Waals surface area contributed by atoms with E-state index in [4.69, 9.17) is 0 Å². The largest absolute Gasteiger partial charge is 0.480 e. The van der Waals surface area contributed by atoms with Crippen molar-refractivity contribution in [3.8, 4) is 0 Å². The van der Waals surface area contributed by atoms with Crippen LogP contribution in [0.4, 0.5) is 4.79 Å². The van der Waals surface area contributed by atoms with Crippen LogP contribution in [0.15, 0.2) is 0 Å². The molecule has 7 nitrogen and oxygen atoms in total. The Labute approximate surface area is 124 Å². The molecule has 2 aliphatic heterocycles. The number of fused-ring (bicyclic) bond motifs is 1. The van der Waals surface area contributed by atoms with E-state index in [1.54, 1.807) is 25.7 Å². The fourth-order valence-corrected chi connectivity index (χ4v) is 2.91. The van der Waals surface area contributed by atoms with Crippen LogP contribution in [0.2, 0.25) is 0 Å². The van der Waals surface area contributed by atoms with Gasteiger partial charge in [-0.3, -0.25) is 4.79 Å². The smallest absolute Gasteiger partial charge is 0.326 e. The first kappa shape index (κ1) is 15.6. The van der Waals surface area contributed by atoms with E-state index in [1.165, 1.54) is 0 Å². The number of carboxylic acids is 1. The number of carbonyl (C=O) groups is 3. The summed E-state index contributed by atoms with van der Waals surface area (Å²) >= 11 is 0. The molecule has 2 unspecified atom stereocenters. The summed E-state index contributed by atoms with van der Waals surface area (Å²) < 4.78 is 0. The molecule has 21 heavy (non-hydrogen) atoms. The number of hydrogen-bond donors (Lipinski definition) is 2. The second-order valence-corrected chi connectivity index (χ2v) is 6.81. The molecule has 0 saturated carbocycles. The third-order valence-electron chi connectivity index (χ3n) is 4.16. The molecule has 2 atom stereocenters. The van der Waals surface area contributed by atoms with E-state index in [0.29, 0.717) is 26.1 Å². The van der Waals surface area contributed by atoms with Crippen molar-refractivity contribution in [3.63, 3.8) is 0 Å². The number of urea groups is 1. The molecular weight excluding hydrogens is 274 g/mol. The number of amides is 3. The van der Waals surface area contributed by atoms with Gasteiger partial charge in [0.05, 0.1) is 0 Å². The van der Waals surface area contributed by atoms with Crippen molar-refractivity contribution in [2.45, 2.75) is 45.7 Å². The standard InChI is InChI=1S/C14H23N3O4/c1-14(2,3)11(12(19)20)15-13(21)16-6-7-17-9(8-16)4-5-10(17)18/h9,11H,4-8H2,1-3H3,(H,15,21)(H,19,20). The zero-order valence-corrected chi connectivity index (χ0v) is 12.8. The molecule has 0 aliphatic carbocycles. The van der Waals surface area contributed by atoms with Crippen LogP contribution in [-0.4, -0.2) is 64.5 Å². The Morgan fingerprint density at radius 3 is 2.57 bits per heavy atom. The van der Waals surface area contributed by atoms with E-state index in [0.717, 1.165) is 6.42 Å². The Kier molecular flexibility index (Phi) is 4.11. The van der Waals surface area contributed by atoms with Gasteiger partial charge in [-0.25, -0.2) is 9.59 Å². The summed E-state index contributed by atoms with van der Waals surface area (Å²) in [5.74, 6) is -0.885. The van der Waals surface area contributed by atoms with Gasteiger partial charge in [0.1, 0.15) is 6.04 Å². The van der Waals surface area contributed by atoms with Gasteiger partial charge >= 0.3 is 12.0 Å². The topological polar surface area (TPSA) is 90.0 Å². The fourth-order valence-electron chi connectivity index (χ4n) is 2.91. The lowest BCUT2D eigenvalue weighted by Crippen LogP contribution is -2.59. The first-order valence-corrected chi connectivity index (χ1v) is 7.28. The van der Waals surface area contributed by atoms with E-state index in [1.807, 2.05) is 4.90 Å². The van der Waals surface area contributed by atoms with Crippen molar-refractivity contribution in [3.05, 3.63) is 0 Å². The summed E-state index contributed by atoms with van der Waals surface area (Å²) in [6, 6.07) is -1.22. The average Bonchev–Trinajstić information content (AvgIpc) is 2.75. The second-order valence-electron chi connectivity index (χ2n) is 6.81. The minimum atomic E-state index is -1.04. The van der Waals surface area contributed by atoms with Gasteiger partial charge in [0.15, 0.2) is 0 Å². The molecule has 2 saturated heterocycles. The van der Waals surface area contributed by atoms with Crippen molar-refractivity contribution in [2.24, 2.45) is 5.41 Å². The van der Waals surface area contributed by atoms with Gasteiger partial charge in [0.25, 0.3) is 0 Å². The van der Waals surface area contributed by atoms with Gasteiger partial charge in [-0.05, 0) is 11.8 Å². The first-order chi connectivity index (χ1) is 9.70. The summed E-state index contributed by atoms with van der Waals surface area (Å²) in [7, 11) is 0. The van der Waals surface area contributed by atoms with Crippen LogP contribution in [0.1, 0.15) is 33.6 Å². The van der Waals surface area contributed by atoms with Crippen molar-refractivity contribution in [2.75, 3.05) is 19.6 Å². The highest BCUT2D eigenvalue weighted by atomic mass is 16.4. The van der Waals surface area contributed by atoms with Crippen molar-refractivity contribution in [1.29, 1.82) is 0 Å². The lowest BCUT2D eigenvalue weighted by atomic mass is 9.87. The number of aliphatic carboxylic acids is 1. The quantitative estimate of drug-likeness (QED) is 0.776. The molecule has 0 radical (unpaired) electrons. The van der Waals surface area contributed by atoms with Crippen LogP contribution in [-0.2, 0) is 9.59 Å². The van der Waals surface area contributed by atoms with Crippen LogP contribution < -0.4 is 5.32 Å². The van der Waals surface area contributed by atoms with Gasteiger partial charge in [-0.15, -0.1) is 0 Å². The van der Waals surface area contributed by atoms with Crippen LogP contribution in [0.5, 0.6) is 0 Å². The molecule has 0 bridgehead atoms. The Morgan fingerprint density at radius 2 is 2.00 bits per heavy atom. The molecule has 0 aromatic carbocycles. The van der Waals surface area contributed by atoms with Gasteiger partial charge in [0.2, 0.25) is 5.91 Å². The molecule has 0 aromatic heterocycles. The number of carboxylic acid groups (broad SMARTS) is 1. The number of rotatable bonds is 2. The minimum absolute atomic E-state index is 0.0786. The molecule has 118 valence electrons. The van der Waals surface area contributed by atoms with E-state index < -0.39 is 17.4 Å². The second kappa shape index (κ2) is 5.54. The Balaban J connectivity index is 1.98. The van der Waals surface area contributed by atoms with E-state index >= 15 is 0 Å². The number of nitrogens with zero attached hydrogens (tertiary/aromatic N) is 2. The lowest BCUT2D eigenvalue weighted by Gasteiger charge is -2.38. The normalized spacial score (nSPS) is 23.8. The summed E-state index contributed by atoms with van der Waals surface area (Å²) in [4.78, 5) is 38.6. The Hall–Kier alpha value is -1.79. The maximum atomic E-state index is 12.3. The third kappa shape index (κ3) is 3.28. The predicted molar refractivity (Wildman–Crippen MR) is 75.7 cm³/mol. The number of hydrogen-bond acceptors (Lipinski definition) is 3.